The molecule has 0 saturated carbocycles. The normalized spacial score (nSPS) is 18.9. The number of alkyl halides is 3. The summed E-state index contributed by atoms with van der Waals surface area (Å²) in [5.74, 6) is 0. The maximum atomic E-state index is 12.2. The molecule has 0 aromatic rings. The molecule has 7 heteroatoms. The van der Waals surface area contributed by atoms with Crippen LogP contribution in [0, 0.1) is 0 Å². The number of hydrogen-bond donors (Lipinski definition) is 2. The van der Waals surface area contributed by atoms with E-state index in [1.165, 1.54) is 0 Å². The molecular formula is C8H14F3N3O. The van der Waals surface area contributed by atoms with E-state index in [-0.39, 0.29) is 0 Å². The SMILES string of the molecule is NC(=O)N(CC(F)(F)F)C1CCNCC1. The first-order valence-electron chi connectivity index (χ1n) is 4.73. The van der Waals surface area contributed by atoms with Crippen molar-refractivity contribution < 1.29 is 18.0 Å². The predicted octanol–water partition coefficient (Wildman–Crippen LogP) is 0.681. The first-order chi connectivity index (χ1) is 6.90. The summed E-state index contributed by atoms with van der Waals surface area (Å²) in [7, 11) is 0. The summed E-state index contributed by atoms with van der Waals surface area (Å²) in [4.78, 5) is 11.6. The van der Waals surface area contributed by atoms with Crippen LogP contribution in [0.2, 0.25) is 0 Å². The highest BCUT2D eigenvalue weighted by molar-refractivity contribution is 5.72. The Morgan fingerprint density at radius 1 is 1.40 bits per heavy atom. The first-order valence-corrected chi connectivity index (χ1v) is 4.73. The van der Waals surface area contributed by atoms with Gasteiger partial charge in [-0.3, -0.25) is 0 Å². The molecule has 0 aliphatic carbocycles. The van der Waals surface area contributed by atoms with Gasteiger partial charge in [-0.1, -0.05) is 0 Å². The molecule has 1 saturated heterocycles. The van der Waals surface area contributed by atoms with Crippen molar-refractivity contribution in [3.05, 3.63) is 0 Å². The standard InChI is InChI=1S/C8H14F3N3O/c9-8(10,11)5-14(7(12)15)6-1-3-13-4-2-6/h6,13H,1-5H2,(H2,12,15). The van der Waals surface area contributed by atoms with Crippen molar-refractivity contribution in [1.82, 2.24) is 10.2 Å². The molecule has 3 N–H and O–H groups in total. The van der Waals surface area contributed by atoms with E-state index in [0.29, 0.717) is 30.8 Å². The lowest BCUT2D eigenvalue weighted by molar-refractivity contribution is -0.144. The number of amides is 2. The van der Waals surface area contributed by atoms with Crippen molar-refractivity contribution in [2.24, 2.45) is 5.73 Å². The summed E-state index contributed by atoms with van der Waals surface area (Å²) in [5.41, 5.74) is 4.94. The number of carbonyl (C=O) groups excluding carboxylic acids is 1. The van der Waals surface area contributed by atoms with Crippen LogP contribution in [0.15, 0.2) is 0 Å². The van der Waals surface area contributed by atoms with E-state index in [0.717, 1.165) is 0 Å². The number of nitrogens with one attached hydrogen (secondary N) is 1. The average molecular weight is 225 g/mol. The van der Waals surface area contributed by atoms with Crippen molar-refractivity contribution in [3.8, 4) is 0 Å². The van der Waals surface area contributed by atoms with Crippen LogP contribution in [0.3, 0.4) is 0 Å². The summed E-state index contributed by atoms with van der Waals surface area (Å²) in [6.07, 6.45) is -3.36. The zero-order chi connectivity index (χ0) is 11.5. The molecule has 88 valence electrons. The number of primary amides is 1. The Kier molecular flexibility index (Phi) is 3.78. The van der Waals surface area contributed by atoms with Gasteiger partial charge >= 0.3 is 12.2 Å². The minimum atomic E-state index is -4.39. The fourth-order valence-electron chi connectivity index (χ4n) is 1.70. The summed E-state index contributed by atoms with van der Waals surface area (Å²) in [6, 6.07) is -1.40. The molecule has 0 aromatic heterocycles. The third-order valence-corrected chi connectivity index (χ3v) is 2.38. The Morgan fingerprint density at radius 2 is 1.93 bits per heavy atom. The average Bonchev–Trinajstić information content (AvgIpc) is 2.14. The van der Waals surface area contributed by atoms with Gasteiger partial charge in [-0.05, 0) is 25.9 Å². The van der Waals surface area contributed by atoms with Crippen molar-refractivity contribution in [2.45, 2.75) is 25.1 Å². The van der Waals surface area contributed by atoms with Crippen LogP contribution in [0.25, 0.3) is 0 Å². The van der Waals surface area contributed by atoms with Gasteiger partial charge in [0.05, 0.1) is 0 Å². The van der Waals surface area contributed by atoms with Gasteiger partial charge in [-0.2, -0.15) is 13.2 Å². The number of nitrogens with zero attached hydrogens (tertiary/aromatic N) is 1. The van der Waals surface area contributed by atoms with E-state index in [9.17, 15) is 18.0 Å². The van der Waals surface area contributed by atoms with E-state index >= 15 is 0 Å². The fraction of sp³-hybridized carbons (Fsp3) is 0.875. The second kappa shape index (κ2) is 4.69. The van der Waals surface area contributed by atoms with Gasteiger partial charge in [0.1, 0.15) is 6.54 Å². The van der Waals surface area contributed by atoms with Gasteiger partial charge in [0.25, 0.3) is 0 Å². The maximum Gasteiger partial charge on any atom is 0.406 e. The van der Waals surface area contributed by atoms with Crippen molar-refractivity contribution in [3.63, 3.8) is 0 Å². The summed E-state index contributed by atoms with van der Waals surface area (Å²) < 4.78 is 36.5. The van der Waals surface area contributed by atoms with Gasteiger partial charge in [-0.15, -0.1) is 0 Å². The minimum Gasteiger partial charge on any atom is -0.351 e. The Hall–Kier alpha value is -0.980. The van der Waals surface area contributed by atoms with Crippen molar-refractivity contribution >= 4 is 6.03 Å². The van der Waals surface area contributed by atoms with Gasteiger partial charge in [0, 0.05) is 6.04 Å². The number of nitrogens with two attached hydrogens (primary N) is 1. The molecule has 1 aliphatic rings. The van der Waals surface area contributed by atoms with Crippen LogP contribution < -0.4 is 11.1 Å². The Bertz CT molecular complexity index is 226. The molecule has 2 amide bonds. The number of urea groups is 1. The highest BCUT2D eigenvalue weighted by Crippen LogP contribution is 2.20. The highest BCUT2D eigenvalue weighted by atomic mass is 19.4. The minimum absolute atomic E-state index is 0.398. The second-order valence-electron chi connectivity index (χ2n) is 3.56. The van der Waals surface area contributed by atoms with E-state index in [1.807, 2.05) is 0 Å². The van der Waals surface area contributed by atoms with Crippen LogP contribution in [0.5, 0.6) is 0 Å². The predicted molar refractivity (Wildman–Crippen MR) is 48.2 cm³/mol. The van der Waals surface area contributed by atoms with E-state index < -0.39 is 24.8 Å². The van der Waals surface area contributed by atoms with Crippen LogP contribution in [0.1, 0.15) is 12.8 Å². The Morgan fingerprint density at radius 3 is 2.33 bits per heavy atom. The highest BCUT2D eigenvalue weighted by Gasteiger charge is 2.36. The Balaban J connectivity index is 2.60. The number of piperidine rings is 1. The molecule has 1 heterocycles. The molecule has 0 radical (unpaired) electrons. The lowest BCUT2D eigenvalue weighted by atomic mass is 10.1. The molecule has 0 unspecified atom stereocenters. The van der Waals surface area contributed by atoms with E-state index in [2.05, 4.69) is 5.32 Å². The molecular weight excluding hydrogens is 211 g/mol. The molecule has 15 heavy (non-hydrogen) atoms. The van der Waals surface area contributed by atoms with Gasteiger partial charge < -0.3 is 16.0 Å². The molecule has 0 atom stereocenters. The third-order valence-electron chi connectivity index (χ3n) is 2.38. The largest absolute Gasteiger partial charge is 0.406 e. The zero-order valence-corrected chi connectivity index (χ0v) is 8.18. The van der Waals surface area contributed by atoms with Crippen LogP contribution in [-0.2, 0) is 0 Å². The molecule has 0 spiro atoms. The van der Waals surface area contributed by atoms with Crippen LogP contribution in [0.4, 0.5) is 18.0 Å². The zero-order valence-electron chi connectivity index (χ0n) is 8.18. The topological polar surface area (TPSA) is 58.4 Å². The summed E-state index contributed by atoms with van der Waals surface area (Å²) >= 11 is 0. The second-order valence-corrected chi connectivity index (χ2v) is 3.56. The molecule has 1 rings (SSSR count). The number of hydrogen-bond acceptors (Lipinski definition) is 2. The molecule has 1 aliphatic heterocycles. The number of rotatable bonds is 2. The fourth-order valence-corrected chi connectivity index (χ4v) is 1.70. The molecule has 0 bridgehead atoms. The van der Waals surface area contributed by atoms with E-state index in [4.69, 9.17) is 5.73 Å². The maximum absolute atomic E-state index is 12.2. The van der Waals surface area contributed by atoms with Crippen molar-refractivity contribution in [2.75, 3.05) is 19.6 Å². The van der Waals surface area contributed by atoms with Gasteiger partial charge in [-0.25, -0.2) is 4.79 Å². The Labute approximate surface area is 85.6 Å². The van der Waals surface area contributed by atoms with Gasteiger partial charge in [0.2, 0.25) is 0 Å². The smallest absolute Gasteiger partial charge is 0.351 e. The van der Waals surface area contributed by atoms with Crippen molar-refractivity contribution in [1.29, 1.82) is 0 Å². The summed E-state index contributed by atoms with van der Waals surface area (Å²) in [5, 5.41) is 3.01. The molecule has 1 fully saturated rings. The van der Waals surface area contributed by atoms with E-state index in [1.54, 1.807) is 0 Å². The molecule has 0 aromatic carbocycles. The number of carbonyl (C=O) groups is 1. The number of halogens is 3. The molecule has 4 nitrogen and oxygen atoms in total. The summed E-state index contributed by atoms with van der Waals surface area (Å²) in [6.45, 7) is -0.0222. The van der Waals surface area contributed by atoms with Crippen LogP contribution in [-0.4, -0.2) is 42.8 Å². The van der Waals surface area contributed by atoms with Crippen LogP contribution >= 0.6 is 0 Å². The lowest BCUT2D eigenvalue weighted by Crippen LogP contribution is -2.51. The lowest BCUT2D eigenvalue weighted by Gasteiger charge is -2.33. The monoisotopic (exact) mass is 225 g/mol. The first kappa shape index (κ1) is 12.1. The third kappa shape index (κ3) is 3.94. The van der Waals surface area contributed by atoms with Gasteiger partial charge in [0.15, 0.2) is 0 Å². The quantitative estimate of drug-likeness (QED) is 0.726.